The molecule has 0 fully saturated rings. The lowest BCUT2D eigenvalue weighted by Gasteiger charge is -2.25. The maximum Gasteiger partial charge on any atom is 0.339 e. The Labute approximate surface area is 167 Å². The van der Waals surface area contributed by atoms with Crippen molar-refractivity contribution in [3.63, 3.8) is 0 Å². The van der Waals surface area contributed by atoms with Crippen molar-refractivity contribution in [1.82, 2.24) is 0 Å². The third-order valence-electron chi connectivity index (χ3n) is 4.85. The zero-order valence-corrected chi connectivity index (χ0v) is 15.4. The van der Waals surface area contributed by atoms with Gasteiger partial charge in [0.05, 0.1) is 16.8 Å². The lowest BCUT2D eigenvalue weighted by molar-refractivity contribution is 0.0252. The molecule has 6 nitrogen and oxygen atoms in total. The molecule has 1 atom stereocenters. The molecule has 1 aliphatic heterocycles. The van der Waals surface area contributed by atoms with Crippen LogP contribution in [-0.2, 0) is 11.2 Å². The van der Waals surface area contributed by atoms with E-state index in [4.69, 9.17) is 10.5 Å². The van der Waals surface area contributed by atoms with Crippen molar-refractivity contribution in [1.29, 1.82) is 0 Å². The number of amides is 2. The molecule has 144 valence electrons. The summed E-state index contributed by atoms with van der Waals surface area (Å²) in [5.74, 6) is -1.43. The molecule has 0 unspecified atom stereocenters. The molecule has 3 aromatic rings. The van der Waals surface area contributed by atoms with Crippen molar-refractivity contribution < 1.29 is 19.1 Å². The van der Waals surface area contributed by atoms with Gasteiger partial charge in [-0.25, -0.2) is 4.79 Å². The van der Waals surface area contributed by atoms with E-state index in [0.29, 0.717) is 23.2 Å². The number of hydrogen-bond acceptors (Lipinski definition) is 4. The first kappa shape index (κ1) is 18.4. The fourth-order valence-corrected chi connectivity index (χ4v) is 3.39. The summed E-state index contributed by atoms with van der Waals surface area (Å²) in [4.78, 5) is 36.7. The number of benzene rings is 3. The van der Waals surface area contributed by atoms with Gasteiger partial charge in [-0.2, -0.15) is 0 Å². The molecule has 0 spiro atoms. The van der Waals surface area contributed by atoms with Crippen molar-refractivity contribution in [3.05, 3.63) is 101 Å². The Hall–Kier alpha value is -3.93. The number of para-hydroxylation sites is 1. The van der Waals surface area contributed by atoms with Gasteiger partial charge in [-0.3, -0.25) is 9.59 Å². The van der Waals surface area contributed by atoms with Gasteiger partial charge in [-0.15, -0.1) is 0 Å². The number of carbonyl (C=O) groups excluding carboxylic acids is 3. The zero-order valence-electron chi connectivity index (χ0n) is 15.4. The maximum absolute atomic E-state index is 12.7. The van der Waals surface area contributed by atoms with E-state index in [2.05, 4.69) is 5.32 Å². The van der Waals surface area contributed by atoms with Gasteiger partial charge in [0.25, 0.3) is 11.8 Å². The molecule has 2 amide bonds. The fourth-order valence-electron chi connectivity index (χ4n) is 3.39. The smallest absolute Gasteiger partial charge is 0.339 e. The summed E-state index contributed by atoms with van der Waals surface area (Å²) in [7, 11) is 0. The highest BCUT2D eigenvalue weighted by Gasteiger charge is 2.28. The van der Waals surface area contributed by atoms with Crippen LogP contribution in [0.1, 0.15) is 48.3 Å². The molecule has 0 bridgehead atoms. The number of ether oxygens (including phenoxy) is 1. The summed E-state index contributed by atoms with van der Waals surface area (Å²) in [6.07, 6.45) is 0.0782. The number of carbonyl (C=O) groups is 3. The third kappa shape index (κ3) is 3.73. The van der Waals surface area contributed by atoms with Gasteiger partial charge in [0.1, 0.15) is 6.10 Å². The van der Waals surface area contributed by atoms with Gasteiger partial charge in [0, 0.05) is 12.0 Å². The Balaban J connectivity index is 1.61. The second-order valence-electron chi connectivity index (χ2n) is 6.74. The molecule has 0 saturated heterocycles. The van der Waals surface area contributed by atoms with Crippen LogP contribution < -0.4 is 11.1 Å². The van der Waals surface area contributed by atoms with Crippen LogP contribution >= 0.6 is 0 Å². The third-order valence-corrected chi connectivity index (χ3v) is 4.85. The van der Waals surface area contributed by atoms with E-state index in [1.54, 1.807) is 42.5 Å². The summed E-state index contributed by atoms with van der Waals surface area (Å²) < 4.78 is 5.55. The van der Waals surface area contributed by atoms with Crippen LogP contribution in [-0.4, -0.2) is 17.8 Å². The van der Waals surface area contributed by atoms with E-state index in [9.17, 15) is 14.4 Å². The van der Waals surface area contributed by atoms with E-state index in [-0.39, 0.29) is 5.56 Å². The maximum atomic E-state index is 12.7. The standard InChI is InChI=1S/C23H18N2O4/c24-21(26)18-8-4-5-9-19(18)25-22(27)15-10-11-17-16(12-15)13-20(29-23(17)28)14-6-2-1-3-7-14/h1-12,20H,13H2,(H2,24,26)(H,25,27)/t20-/m0/s1. The lowest BCUT2D eigenvalue weighted by Crippen LogP contribution is -2.23. The van der Waals surface area contributed by atoms with Crippen molar-refractivity contribution in [3.8, 4) is 0 Å². The molecule has 3 N–H and O–H groups in total. The molecule has 0 aliphatic carbocycles. The molecule has 0 aromatic heterocycles. The highest BCUT2D eigenvalue weighted by Crippen LogP contribution is 2.31. The van der Waals surface area contributed by atoms with Gasteiger partial charge < -0.3 is 15.8 Å². The minimum absolute atomic E-state index is 0.228. The van der Waals surface area contributed by atoms with E-state index in [0.717, 1.165) is 11.1 Å². The molecular formula is C23H18N2O4. The number of rotatable bonds is 4. The summed E-state index contributed by atoms with van der Waals surface area (Å²) in [5.41, 5.74) is 8.40. The number of nitrogens with two attached hydrogens (primary N) is 1. The number of primary amides is 1. The first-order valence-corrected chi connectivity index (χ1v) is 9.12. The summed E-state index contributed by atoms with van der Waals surface area (Å²) >= 11 is 0. The van der Waals surface area contributed by atoms with Crippen molar-refractivity contribution in [2.45, 2.75) is 12.5 Å². The number of anilines is 1. The van der Waals surface area contributed by atoms with E-state index < -0.39 is 23.9 Å². The van der Waals surface area contributed by atoms with Gasteiger partial charge in [0.15, 0.2) is 0 Å². The van der Waals surface area contributed by atoms with Crippen molar-refractivity contribution in [2.24, 2.45) is 5.73 Å². The molecule has 3 aromatic carbocycles. The number of esters is 1. The summed E-state index contributed by atoms with van der Waals surface area (Å²) in [6, 6.07) is 20.9. The SMILES string of the molecule is NC(=O)c1ccccc1NC(=O)c1ccc2c(c1)C[C@@H](c1ccccc1)OC2=O. The van der Waals surface area contributed by atoms with Crippen LogP contribution in [0.5, 0.6) is 0 Å². The van der Waals surface area contributed by atoms with E-state index >= 15 is 0 Å². The molecule has 1 heterocycles. The first-order valence-electron chi connectivity index (χ1n) is 9.12. The van der Waals surface area contributed by atoms with Crippen LogP contribution in [0, 0.1) is 0 Å². The average Bonchev–Trinajstić information content (AvgIpc) is 2.74. The number of hydrogen-bond donors (Lipinski definition) is 2. The average molecular weight is 386 g/mol. The predicted molar refractivity (Wildman–Crippen MR) is 108 cm³/mol. The zero-order chi connectivity index (χ0) is 20.4. The van der Waals surface area contributed by atoms with E-state index in [1.807, 2.05) is 30.3 Å². The van der Waals surface area contributed by atoms with Gasteiger partial charge in [-0.05, 0) is 41.5 Å². The van der Waals surface area contributed by atoms with Crippen LogP contribution in [0.3, 0.4) is 0 Å². The van der Waals surface area contributed by atoms with Crippen LogP contribution in [0.25, 0.3) is 0 Å². The summed E-state index contributed by atoms with van der Waals surface area (Å²) in [5, 5.41) is 2.71. The van der Waals surface area contributed by atoms with E-state index in [1.165, 1.54) is 0 Å². The normalized spacial score (nSPS) is 15.2. The van der Waals surface area contributed by atoms with Crippen molar-refractivity contribution in [2.75, 3.05) is 5.32 Å². The fraction of sp³-hybridized carbons (Fsp3) is 0.0870. The van der Waals surface area contributed by atoms with Gasteiger partial charge >= 0.3 is 5.97 Å². The minimum atomic E-state index is -0.625. The Bertz CT molecular complexity index is 1110. The Morgan fingerprint density at radius 3 is 2.45 bits per heavy atom. The monoisotopic (exact) mass is 386 g/mol. The Morgan fingerprint density at radius 1 is 0.966 bits per heavy atom. The minimum Gasteiger partial charge on any atom is -0.454 e. The van der Waals surface area contributed by atoms with Crippen LogP contribution in [0.4, 0.5) is 5.69 Å². The summed E-state index contributed by atoms with van der Waals surface area (Å²) in [6.45, 7) is 0. The van der Waals surface area contributed by atoms with Crippen LogP contribution in [0.2, 0.25) is 0 Å². The molecule has 0 saturated carbocycles. The Morgan fingerprint density at radius 2 is 1.69 bits per heavy atom. The Kier molecular flexibility index (Phi) is 4.83. The molecule has 29 heavy (non-hydrogen) atoms. The van der Waals surface area contributed by atoms with Gasteiger partial charge in [-0.1, -0.05) is 42.5 Å². The largest absolute Gasteiger partial charge is 0.454 e. The molecular weight excluding hydrogens is 368 g/mol. The van der Waals surface area contributed by atoms with Crippen LogP contribution in [0.15, 0.2) is 72.8 Å². The second-order valence-corrected chi connectivity index (χ2v) is 6.74. The molecule has 6 heteroatoms. The lowest BCUT2D eigenvalue weighted by atomic mass is 9.93. The topological polar surface area (TPSA) is 98.5 Å². The number of nitrogens with one attached hydrogen (secondary N) is 1. The first-order chi connectivity index (χ1) is 14.0. The quantitative estimate of drug-likeness (QED) is 0.671. The predicted octanol–water partition coefficient (Wildman–Crippen LogP) is 3.49. The van der Waals surface area contributed by atoms with Gasteiger partial charge in [0.2, 0.25) is 0 Å². The number of cyclic esters (lactones) is 1. The second kappa shape index (κ2) is 7.59. The molecule has 0 radical (unpaired) electrons. The molecule has 4 rings (SSSR count). The highest BCUT2D eigenvalue weighted by atomic mass is 16.5. The number of fused-ring (bicyclic) bond motifs is 1. The highest BCUT2D eigenvalue weighted by molar-refractivity contribution is 6.09. The molecule has 1 aliphatic rings. The van der Waals surface area contributed by atoms with Crippen molar-refractivity contribution >= 4 is 23.5 Å².